The minimum atomic E-state index is -1.61. The van der Waals surface area contributed by atoms with E-state index in [0.717, 1.165) is 64.2 Å². The Morgan fingerprint density at radius 3 is 1.35 bits per heavy atom. The normalized spacial score (nSPS) is 19.2. The molecule has 6 N–H and O–H groups in total. The molecule has 77 heavy (non-hydrogen) atoms. The highest BCUT2D eigenvalue weighted by atomic mass is 16.7. The average Bonchev–Trinajstić information content (AvgIpc) is 3.43. The molecule has 1 amide bonds. The van der Waals surface area contributed by atoms with E-state index in [-0.39, 0.29) is 13.0 Å². The quantitative estimate of drug-likeness (QED) is 0.0195. The summed E-state index contributed by atoms with van der Waals surface area (Å²) in [4.78, 5) is 26.6. The van der Waals surface area contributed by atoms with Gasteiger partial charge in [0.25, 0.3) is 0 Å². The molecule has 1 fully saturated rings. The number of unbranched alkanes of at least 4 members (excludes halogenated alkanes) is 38. The molecule has 8 unspecified atom stereocenters. The van der Waals surface area contributed by atoms with E-state index in [1.165, 1.54) is 199 Å². The number of ether oxygens (including phenoxy) is 3. The third-order valence-corrected chi connectivity index (χ3v) is 15.5. The van der Waals surface area contributed by atoms with Gasteiger partial charge in [-0.05, 0) is 57.8 Å². The van der Waals surface area contributed by atoms with E-state index in [2.05, 4.69) is 50.4 Å². The van der Waals surface area contributed by atoms with E-state index in [1.807, 2.05) is 6.08 Å². The van der Waals surface area contributed by atoms with Crippen molar-refractivity contribution in [3.8, 4) is 0 Å². The molecule has 11 nitrogen and oxygen atoms in total. The summed E-state index contributed by atoms with van der Waals surface area (Å²) in [7, 11) is 0. The van der Waals surface area contributed by atoms with Crippen molar-refractivity contribution in [2.45, 2.75) is 359 Å². The van der Waals surface area contributed by atoms with Gasteiger partial charge in [0.1, 0.15) is 24.4 Å². The van der Waals surface area contributed by atoms with Crippen LogP contribution in [0.5, 0.6) is 0 Å². The van der Waals surface area contributed by atoms with Crippen LogP contribution in [0, 0.1) is 0 Å². The Kier molecular flexibility index (Phi) is 51.6. The largest absolute Gasteiger partial charge is 0.454 e. The lowest BCUT2D eigenvalue weighted by Crippen LogP contribution is -2.61. The second-order valence-electron chi connectivity index (χ2n) is 22.9. The fourth-order valence-corrected chi connectivity index (χ4v) is 10.3. The fourth-order valence-electron chi connectivity index (χ4n) is 10.3. The van der Waals surface area contributed by atoms with Gasteiger partial charge in [-0.25, -0.2) is 0 Å². The summed E-state index contributed by atoms with van der Waals surface area (Å²) >= 11 is 0. The van der Waals surface area contributed by atoms with Crippen molar-refractivity contribution >= 4 is 11.9 Å². The Bertz CT molecular complexity index is 1390. The number of hydrogen-bond acceptors (Lipinski definition) is 10. The number of aliphatic hydroxyl groups is 5. The van der Waals surface area contributed by atoms with Crippen LogP contribution in [0.3, 0.4) is 0 Å². The third kappa shape index (κ3) is 42.4. The van der Waals surface area contributed by atoms with E-state index in [4.69, 9.17) is 14.2 Å². The molecule has 0 radical (unpaired) electrons. The van der Waals surface area contributed by atoms with Crippen LogP contribution in [-0.2, 0) is 23.8 Å². The highest BCUT2D eigenvalue weighted by molar-refractivity contribution is 5.80. The van der Waals surface area contributed by atoms with E-state index < -0.39 is 67.4 Å². The van der Waals surface area contributed by atoms with Crippen LogP contribution in [0.25, 0.3) is 0 Å². The number of aliphatic hydroxyl groups excluding tert-OH is 5. The predicted molar refractivity (Wildman–Crippen MR) is 320 cm³/mol. The molecule has 0 bridgehead atoms. The zero-order valence-electron chi connectivity index (χ0n) is 50.1. The van der Waals surface area contributed by atoms with Crippen molar-refractivity contribution in [1.29, 1.82) is 0 Å². The molecule has 1 aliphatic rings. The number of allylic oxidation sites excluding steroid dienone is 5. The number of carbonyl (C=O) groups is 2. The zero-order chi connectivity index (χ0) is 56.1. The van der Waals surface area contributed by atoms with Crippen molar-refractivity contribution in [1.82, 2.24) is 5.32 Å². The number of carbonyl (C=O) groups excluding carboxylic acids is 2. The molecule has 11 heteroatoms. The predicted octanol–water partition coefficient (Wildman–Crippen LogP) is 15.8. The van der Waals surface area contributed by atoms with Gasteiger partial charge in [0.15, 0.2) is 12.4 Å². The lowest BCUT2D eigenvalue weighted by atomic mass is 9.99. The molecule has 452 valence electrons. The van der Waals surface area contributed by atoms with E-state index in [0.29, 0.717) is 19.3 Å². The molecule has 1 rings (SSSR count). The van der Waals surface area contributed by atoms with Gasteiger partial charge < -0.3 is 45.1 Å². The first-order chi connectivity index (χ1) is 37.7. The Morgan fingerprint density at radius 2 is 0.896 bits per heavy atom. The lowest BCUT2D eigenvalue weighted by Gasteiger charge is -2.41. The summed E-state index contributed by atoms with van der Waals surface area (Å²) in [6.07, 6.45) is 54.7. The standard InChI is InChI=1S/C66H123NO10/c1-4-7-10-13-16-19-22-25-27-28-29-30-31-32-33-34-35-38-41-44-47-50-53-59(70)65(74)67-57(58(69)52-49-46-43-40-37-24-21-18-15-12-9-6-3)56-75-66-64(63(73)62(72)60(55-68)76-66)77-61(71)54-51-48-45-42-39-36-26-23-20-17-14-11-8-5-2/h16,19,25,27,49,52,57-60,62-64,66,68-70,72-73H,4-15,17-18,20-24,26,28-48,50-51,53-56H2,1-3H3,(H,67,74)/b19-16-,27-25-,52-49+. The zero-order valence-corrected chi connectivity index (χ0v) is 50.1. The first-order valence-electron chi connectivity index (χ1n) is 32.8. The Morgan fingerprint density at radius 1 is 0.506 bits per heavy atom. The van der Waals surface area contributed by atoms with Crippen LogP contribution in [0.15, 0.2) is 36.5 Å². The first kappa shape index (κ1) is 72.9. The summed E-state index contributed by atoms with van der Waals surface area (Å²) in [5.74, 6) is -1.18. The van der Waals surface area contributed by atoms with Gasteiger partial charge in [-0.15, -0.1) is 0 Å². The topological polar surface area (TPSA) is 175 Å². The van der Waals surface area contributed by atoms with Crippen molar-refractivity contribution < 1.29 is 49.3 Å². The molecular weight excluding hydrogens is 967 g/mol. The number of amides is 1. The molecule has 0 saturated carbocycles. The number of nitrogens with one attached hydrogen (secondary N) is 1. The fraction of sp³-hybridized carbons (Fsp3) is 0.879. The highest BCUT2D eigenvalue weighted by Gasteiger charge is 2.47. The van der Waals surface area contributed by atoms with Gasteiger partial charge in [-0.3, -0.25) is 9.59 Å². The van der Waals surface area contributed by atoms with Gasteiger partial charge in [-0.2, -0.15) is 0 Å². The molecule has 0 aromatic heterocycles. The number of esters is 1. The SMILES string of the molecule is CCCCC/C=C\C/C=C\CCCCCCCCCCCCCCC(O)C(=O)NC(COC1OC(CO)C(O)C(O)C1OC(=O)CCCCCCCCCCCCCCCC)C(O)/C=C/CCCCCCCCCCCC. The summed E-state index contributed by atoms with van der Waals surface area (Å²) in [5.41, 5.74) is 0. The maximum Gasteiger partial charge on any atom is 0.306 e. The van der Waals surface area contributed by atoms with Crippen molar-refractivity contribution in [2.75, 3.05) is 13.2 Å². The Labute approximate surface area is 473 Å². The van der Waals surface area contributed by atoms with E-state index in [9.17, 15) is 35.1 Å². The third-order valence-electron chi connectivity index (χ3n) is 15.5. The summed E-state index contributed by atoms with van der Waals surface area (Å²) in [6, 6.07) is -1.02. The van der Waals surface area contributed by atoms with Gasteiger partial charge in [0.2, 0.25) is 5.91 Å². The summed E-state index contributed by atoms with van der Waals surface area (Å²) in [6.45, 7) is 5.79. The molecule has 0 aromatic rings. The molecule has 1 aliphatic heterocycles. The van der Waals surface area contributed by atoms with Crippen LogP contribution in [-0.4, -0.2) is 99.6 Å². The van der Waals surface area contributed by atoms with Crippen LogP contribution in [0.4, 0.5) is 0 Å². The second-order valence-corrected chi connectivity index (χ2v) is 22.9. The number of hydrogen-bond donors (Lipinski definition) is 6. The van der Waals surface area contributed by atoms with Crippen molar-refractivity contribution in [3.05, 3.63) is 36.5 Å². The second kappa shape index (κ2) is 54.5. The minimum Gasteiger partial charge on any atom is -0.454 e. The van der Waals surface area contributed by atoms with E-state index in [1.54, 1.807) is 6.08 Å². The van der Waals surface area contributed by atoms with Gasteiger partial charge in [0.05, 0.1) is 25.4 Å². The lowest BCUT2D eigenvalue weighted by molar-refractivity contribution is -0.305. The van der Waals surface area contributed by atoms with Crippen LogP contribution < -0.4 is 5.32 Å². The summed E-state index contributed by atoms with van der Waals surface area (Å²) < 4.78 is 17.6. The maximum absolute atomic E-state index is 13.4. The maximum atomic E-state index is 13.4. The molecule has 0 aliphatic carbocycles. The first-order valence-corrected chi connectivity index (χ1v) is 32.8. The van der Waals surface area contributed by atoms with Gasteiger partial charge in [-0.1, -0.05) is 282 Å². The molecule has 0 spiro atoms. The number of rotatable bonds is 56. The van der Waals surface area contributed by atoms with Gasteiger partial charge >= 0.3 is 5.97 Å². The molecule has 8 atom stereocenters. The Balaban J connectivity index is 2.62. The van der Waals surface area contributed by atoms with E-state index >= 15 is 0 Å². The molecule has 1 heterocycles. The Hall–Kier alpha value is -2.12. The molecule has 0 aromatic carbocycles. The smallest absolute Gasteiger partial charge is 0.306 e. The van der Waals surface area contributed by atoms with Crippen LogP contribution in [0.2, 0.25) is 0 Å². The van der Waals surface area contributed by atoms with Crippen molar-refractivity contribution in [2.24, 2.45) is 0 Å². The minimum absolute atomic E-state index is 0.129. The monoisotopic (exact) mass is 1090 g/mol. The molecule has 1 saturated heterocycles. The average molecular weight is 1090 g/mol. The van der Waals surface area contributed by atoms with Crippen LogP contribution in [0.1, 0.15) is 310 Å². The molecular formula is C66H123NO10. The van der Waals surface area contributed by atoms with Crippen molar-refractivity contribution in [3.63, 3.8) is 0 Å². The van der Waals surface area contributed by atoms with Gasteiger partial charge in [0, 0.05) is 6.42 Å². The van der Waals surface area contributed by atoms with Crippen LogP contribution >= 0.6 is 0 Å². The summed E-state index contributed by atoms with van der Waals surface area (Å²) in [5, 5.41) is 57.0. The highest BCUT2D eigenvalue weighted by Crippen LogP contribution is 2.26.